The Bertz CT molecular complexity index is 1400. The Morgan fingerprint density at radius 3 is 2.50 bits per heavy atom. The van der Waals surface area contributed by atoms with E-state index in [4.69, 9.17) is 5.26 Å². The second-order valence-electron chi connectivity index (χ2n) is 8.98. The van der Waals surface area contributed by atoms with E-state index in [2.05, 4.69) is 26.3 Å². The molecule has 0 atom stereocenters. The molecule has 1 fully saturated rings. The molecule has 182 valence electrons. The first-order valence-corrected chi connectivity index (χ1v) is 11.8. The van der Waals surface area contributed by atoms with Gasteiger partial charge in [0.15, 0.2) is 0 Å². The average Bonchev–Trinajstić information content (AvgIpc) is 2.90. The summed E-state index contributed by atoms with van der Waals surface area (Å²) >= 11 is 0. The molecule has 5 nitrogen and oxygen atoms in total. The lowest BCUT2D eigenvalue weighted by atomic mass is 10.0. The minimum absolute atomic E-state index is 0.146. The van der Waals surface area contributed by atoms with Crippen molar-refractivity contribution in [3.63, 3.8) is 0 Å². The van der Waals surface area contributed by atoms with Gasteiger partial charge in [0, 0.05) is 42.8 Å². The van der Waals surface area contributed by atoms with E-state index in [1.807, 2.05) is 48.5 Å². The van der Waals surface area contributed by atoms with E-state index in [0.29, 0.717) is 22.3 Å². The van der Waals surface area contributed by atoms with Crippen molar-refractivity contribution in [3.8, 4) is 17.2 Å². The fourth-order valence-corrected chi connectivity index (χ4v) is 4.64. The third-order valence-corrected chi connectivity index (χ3v) is 6.49. The van der Waals surface area contributed by atoms with Crippen molar-refractivity contribution < 1.29 is 13.2 Å². The number of nitrogens with zero attached hydrogens (tertiary/aromatic N) is 4. The third-order valence-electron chi connectivity index (χ3n) is 6.49. The maximum absolute atomic E-state index is 13.4. The number of alkyl halides is 3. The number of piperidine rings is 1. The molecule has 0 unspecified atom stereocenters. The summed E-state index contributed by atoms with van der Waals surface area (Å²) in [6, 6.07) is 21.7. The van der Waals surface area contributed by atoms with E-state index >= 15 is 0 Å². The molecule has 1 saturated heterocycles. The number of hydrogen-bond donors (Lipinski definition) is 1. The number of rotatable bonds is 5. The Morgan fingerprint density at radius 2 is 1.78 bits per heavy atom. The zero-order chi connectivity index (χ0) is 25.1. The van der Waals surface area contributed by atoms with Crippen LogP contribution in [0.4, 0.5) is 19.0 Å². The van der Waals surface area contributed by atoms with Gasteiger partial charge in [0.25, 0.3) is 0 Å². The molecule has 2 aromatic heterocycles. The van der Waals surface area contributed by atoms with Gasteiger partial charge < -0.3 is 5.32 Å². The Kier molecular flexibility index (Phi) is 6.57. The van der Waals surface area contributed by atoms with Gasteiger partial charge in [0.1, 0.15) is 11.5 Å². The van der Waals surface area contributed by atoms with E-state index in [-0.39, 0.29) is 11.6 Å². The Balaban J connectivity index is 1.36. The number of fused-ring (bicyclic) bond motifs is 1. The molecule has 0 aliphatic carbocycles. The van der Waals surface area contributed by atoms with Gasteiger partial charge in [-0.05, 0) is 48.2 Å². The Morgan fingerprint density at radius 1 is 1.00 bits per heavy atom. The molecule has 3 heterocycles. The van der Waals surface area contributed by atoms with E-state index in [9.17, 15) is 13.2 Å². The summed E-state index contributed by atoms with van der Waals surface area (Å²) in [6.07, 6.45) is -1.19. The number of pyridine rings is 2. The van der Waals surface area contributed by atoms with E-state index in [1.165, 1.54) is 6.07 Å². The number of halogens is 3. The van der Waals surface area contributed by atoms with Crippen LogP contribution in [-0.4, -0.2) is 34.0 Å². The van der Waals surface area contributed by atoms with Crippen molar-refractivity contribution in [1.29, 1.82) is 5.26 Å². The molecule has 0 radical (unpaired) electrons. The molecule has 0 spiro atoms. The number of nitrogens with one attached hydrogen (secondary N) is 1. The molecule has 4 aromatic rings. The van der Waals surface area contributed by atoms with Crippen LogP contribution >= 0.6 is 0 Å². The minimum Gasteiger partial charge on any atom is -0.367 e. The SMILES string of the molecule is N#Cc1cccc(CN2CCC(Nc3ncc(-c4ccccc4)c4nc(C(F)(F)F)ccc34)CC2)c1. The van der Waals surface area contributed by atoms with Gasteiger partial charge in [0.2, 0.25) is 0 Å². The Labute approximate surface area is 207 Å². The molecule has 0 saturated carbocycles. The first-order valence-electron chi connectivity index (χ1n) is 11.8. The van der Waals surface area contributed by atoms with Crippen LogP contribution in [-0.2, 0) is 12.7 Å². The lowest BCUT2D eigenvalue weighted by Gasteiger charge is -2.33. The van der Waals surface area contributed by atoms with Crippen LogP contribution in [0.3, 0.4) is 0 Å². The average molecular weight is 488 g/mol. The van der Waals surface area contributed by atoms with Crippen LogP contribution in [0, 0.1) is 11.3 Å². The van der Waals surface area contributed by atoms with Crippen LogP contribution in [0.2, 0.25) is 0 Å². The van der Waals surface area contributed by atoms with E-state index in [1.54, 1.807) is 12.3 Å². The van der Waals surface area contributed by atoms with Crippen molar-refractivity contribution in [3.05, 3.63) is 89.7 Å². The number of aromatic nitrogens is 2. The van der Waals surface area contributed by atoms with Gasteiger partial charge in [0.05, 0.1) is 17.1 Å². The van der Waals surface area contributed by atoms with Crippen LogP contribution in [0.1, 0.15) is 29.7 Å². The standard InChI is InChI=1S/C28H24F3N5/c29-28(30,31)25-10-9-23-26(35-25)24(21-7-2-1-3-8-21)17-33-27(23)34-22-11-13-36(14-12-22)18-20-6-4-5-19(15-20)16-32/h1-10,15,17,22H,11-14,18H2,(H,33,34). The van der Waals surface area contributed by atoms with Gasteiger partial charge in [-0.25, -0.2) is 9.97 Å². The van der Waals surface area contributed by atoms with Gasteiger partial charge in [-0.1, -0.05) is 42.5 Å². The van der Waals surface area contributed by atoms with Crippen molar-refractivity contribution in [1.82, 2.24) is 14.9 Å². The number of anilines is 1. The second-order valence-corrected chi connectivity index (χ2v) is 8.98. The molecule has 8 heteroatoms. The summed E-state index contributed by atoms with van der Waals surface area (Å²) in [6.45, 7) is 2.51. The number of likely N-dealkylation sites (tertiary alicyclic amines) is 1. The molecule has 36 heavy (non-hydrogen) atoms. The highest BCUT2D eigenvalue weighted by molar-refractivity contribution is 5.99. The smallest absolute Gasteiger partial charge is 0.367 e. The summed E-state index contributed by atoms with van der Waals surface area (Å²) < 4.78 is 40.3. The van der Waals surface area contributed by atoms with Crippen LogP contribution in [0.5, 0.6) is 0 Å². The minimum atomic E-state index is -4.53. The summed E-state index contributed by atoms with van der Waals surface area (Å²) in [5, 5.41) is 13.1. The molecule has 0 bridgehead atoms. The van der Waals surface area contributed by atoms with Gasteiger partial charge in [-0.3, -0.25) is 4.90 Å². The molecule has 1 aliphatic rings. The predicted molar refractivity (Wildman–Crippen MR) is 133 cm³/mol. The first kappa shape index (κ1) is 23.8. The van der Waals surface area contributed by atoms with Gasteiger partial charge >= 0.3 is 6.18 Å². The van der Waals surface area contributed by atoms with Crippen molar-refractivity contribution >= 4 is 16.7 Å². The first-order chi connectivity index (χ1) is 17.4. The summed E-state index contributed by atoms with van der Waals surface area (Å²) in [7, 11) is 0. The van der Waals surface area contributed by atoms with Crippen molar-refractivity contribution in [2.45, 2.75) is 31.6 Å². The van der Waals surface area contributed by atoms with Crippen LogP contribution < -0.4 is 5.32 Å². The number of benzene rings is 2. The quantitative estimate of drug-likeness (QED) is 0.360. The topological polar surface area (TPSA) is 64.8 Å². The van der Waals surface area contributed by atoms with Crippen molar-refractivity contribution in [2.75, 3.05) is 18.4 Å². The number of nitriles is 1. The summed E-state index contributed by atoms with van der Waals surface area (Å²) in [5.74, 6) is 0.547. The fourth-order valence-electron chi connectivity index (χ4n) is 4.64. The van der Waals surface area contributed by atoms with Crippen LogP contribution in [0.15, 0.2) is 72.9 Å². The molecule has 5 rings (SSSR count). The van der Waals surface area contributed by atoms with Gasteiger partial charge in [-0.15, -0.1) is 0 Å². The Hall–Kier alpha value is -3.96. The normalized spacial score (nSPS) is 15.1. The molecule has 0 amide bonds. The lowest BCUT2D eigenvalue weighted by molar-refractivity contribution is -0.140. The van der Waals surface area contributed by atoms with Crippen LogP contribution in [0.25, 0.3) is 22.0 Å². The zero-order valence-electron chi connectivity index (χ0n) is 19.5. The fraction of sp³-hybridized carbons (Fsp3) is 0.250. The molecule has 1 aliphatic heterocycles. The monoisotopic (exact) mass is 487 g/mol. The second kappa shape index (κ2) is 9.96. The maximum Gasteiger partial charge on any atom is 0.433 e. The molecule has 1 N–H and O–H groups in total. The predicted octanol–water partition coefficient (Wildman–Crippen LogP) is 6.26. The number of hydrogen-bond acceptors (Lipinski definition) is 5. The molecular formula is C28H24F3N5. The highest BCUT2D eigenvalue weighted by Crippen LogP contribution is 2.35. The summed E-state index contributed by atoms with van der Waals surface area (Å²) in [4.78, 5) is 11.0. The molecule has 2 aromatic carbocycles. The van der Waals surface area contributed by atoms with E-state index < -0.39 is 11.9 Å². The zero-order valence-corrected chi connectivity index (χ0v) is 19.5. The van der Waals surface area contributed by atoms with Gasteiger partial charge in [-0.2, -0.15) is 18.4 Å². The summed E-state index contributed by atoms with van der Waals surface area (Å²) in [5.41, 5.74) is 2.46. The largest absolute Gasteiger partial charge is 0.433 e. The maximum atomic E-state index is 13.4. The lowest BCUT2D eigenvalue weighted by Crippen LogP contribution is -2.38. The highest BCUT2D eigenvalue weighted by Gasteiger charge is 2.33. The molecular weight excluding hydrogens is 463 g/mol. The third kappa shape index (κ3) is 5.16. The van der Waals surface area contributed by atoms with E-state index in [0.717, 1.165) is 49.7 Å². The highest BCUT2D eigenvalue weighted by atomic mass is 19.4. The van der Waals surface area contributed by atoms with Crippen molar-refractivity contribution in [2.24, 2.45) is 0 Å².